The fourth-order valence-electron chi connectivity index (χ4n) is 2.36. The summed E-state index contributed by atoms with van der Waals surface area (Å²) in [4.78, 5) is 0. The Morgan fingerprint density at radius 3 is 2.48 bits per heavy atom. The predicted molar refractivity (Wildman–Crippen MR) is 81.2 cm³/mol. The third-order valence-electron chi connectivity index (χ3n) is 3.49. The number of hydrogen-bond acceptors (Lipinski definition) is 3. The lowest BCUT2D eigenvalue weighted by Crippen LogP contribution is -1.90. The second kappa shape index (κ2) is 5.05. The van der Waals surface area contributed by atoms with Gasteiger partial charge in [0.15, 0.2) is 11.6 Å². The molecular formula is C17H15FN2O. The maximum absolute atomic E-state index is 13.1. The molecule has 0 radical (unpaired) electrons. The average Bonchev–Trinajstić information content (AvgIpc) is 2.84. The van der Waals surface area contributed by atoms with E-state index in [2.05, 4.69) is 5.16 Å². The van der Waals surface area contributed by atoms with Gasteiger partial charge in [0.1, 0.15) is 5.82 Å². The smallest absolute Gasteiger partial charge is 0.177 e. The van der Waals surface area contributed by atoms with Crippen LogP contribution in [0.4, 0.5) is 10.2 Å². The number of hydrogen-bond donors (Lipinski definition) is 1. The highest BCUT2D eigenvalue weighted by molar-refractivity contribution is 5.87. The second-order valence-corrected chi connectivity index (χ2v) is 5.10. The average molecular weight is 282 g/mol. The predicted octanol–water partition coefficient (Wildman–Crippen LogP) is 4.35. The monoisotopic (exact) mass is 282 g/mol. The van der Waals surface area contributed by atoms with Crippen molar-refractivity contribution in [1.29, 1.82) is 0 Å². The van der Waals surface area contributed by atoms with Crippen LogP contribution in [0, 0.1) is 19.7 Å². The molecule has 0 aliphatic carbocycles. The van der Waals surface area contributed by atoms with Crippen molar-refractivity contribution in [2.75, 3.05) is 5.73 Å². The first-order chi connectivity index (χ1) is 10.1. The Morgan fingerprint density at radius 1 is 1.05 bits per heavy atom. The van der Waals surface area contributed by atoms with Gasteiger partial charge in [0.05, 0.1) is 5.56 Å². The number of nitrogens with zero attached hydrogens (tertiary/aromatic N) is 1. The first kappa shape index (κ1) is 13.4. The van der Waals surface area contributed by atoms with Crippen LogP contribution < -0.4 is 5.73 Å². The van der Waals surface area contributed by atoms with Gasteiger partial charge in [-0.2, -0.15) is 0 Å². The summed E-state index contributed by atoms with van der Waals surface area (Å²) < 4.78 is 18.5. The number of halogens is 1. The molecule has 3 rings (SSSR count). The number of rotatable bonds is 2. The molecule has 0 amide bonds. The molecule has 0 saturated heterocycles. The van der Waals surface area contributed by atoms with Gasteiger partial charge < -0.3 is 10.3 Å². The van der Waals surface area contributed by atoms with Crippen molar-refractivity contribution in [3.63, 3.8) is 0 Å². The van der Waals surface area contributed by atoms with Crippen LogP contribution in [-0.4, -0.2) is 5.16 Å². The third-order valence-corrected chi connectivity index (χ3v) is 3.49. The quantitative estimate of drug-likeness (QED) is 0.760. The molecule has 21 heavy (non-hydrogen) atoms. The van der Waals surface area contributed by atoms with Gasteiger partial charge in [-0.1, -0.05) is 35.0 Å². The molecular weight excluding hydrogens is 267 g/mol. The van der Waals surface area contributed by atoms with E-state index in [0.717, 1.165) is 22.3 Å². The van der Waals surface area contributed by atoms with Crippen LogP contribution in [0.25, 0.3) is 22.5 Å². The standard InChI is InChI=1S/C17H15FN2O/c1-10-3-4-11(2)14(9-10)16-15(17(19)20-21-16)12-5-7-13(18)8-6-12/h3-9H,1-2H3,(H2,19,20). The van der Waals surface area contributed by atoms with Crippen LogP contribution in [-0.2, 0) is 0 Å². The largest absolute Gasteiger partial charge is 0.380 e. The minimum absolute atomic E-state index is 0.290. The molecule has 0 bridgehead atoms. The summed E-state index contributed by atoms with van der Waals surface area (Å²) in [5.74, 6) is 0.625. The summed E-state index contributed by atoms with van der Waals surface area (Å²) in [6.45, 7) is 4.02. The maximum atomic E-state index is 13.1. The molecule has 0 fully saturated rings. The Hall–Kier alpha value is -2.62. The van der Waals surface area contributed by atoms with E-state index in [-0.39, 0.29) is 5.82 Å². The molecule has 0 unspecified atom stereocenters. The zero-order valence-corrected chi connectivity index (χ0v) is 11.9. The van der Waals surface area contributed by atoms with Gasteiger partial charge in [-0.3, -0.25) is 0 Å². The topological polar surface area (TPSA) is 52.0 Å². The lowest BCUT2D eigenvalue weighted by atomic mass is 9.97. The fraction of sp³-hybridized carbons (Fsp3) is 0.118. The molecule has 106 valence electrons. The van der Waals surface area contributed by atoms with Crippen LogP contribution in [0.15, 0.2) is 47.0 Å². The van der Waals surface area contributed by atoms with E-state index in [1.165, 1.54) is 12.1 Å². The molecule has 0 aliphatic heterocycles. The van der Waals surface area contributed by atoms with Crippen molar-refractivity contribution in [3.05, 3.63) is 59.4 Å². The Bertz CT molecular complexity index is 791. The van der Waals surface area contributed by atoms with E-state index in [0.29, 0.717) is 17.1 Å². The number of benzene rings is 2. The number of anilines is 1. The summed E-state index contributed by atoms with van der Waals surface area (Å²) in [6.07, 6.45) is 0. The van der Waals surface area contributed by atoms with E-state index in [1.54, 1.807) is 12.1 Å². The molecule has 0 saturated carbocycles. The highest BCUT2D eigenvalue weighted by Gasteiger charge is 2.19. The van der Waals surface area contributed by atoms with Gasteiger partial charge in [0.2, 0.25) is 0 Å². The van der Waals surface area contributed by atoms with Crippen LogP contribution in [0.1, 0.15) is 11.1 Å². The van der Waals surface area contributed by atoms with Crippen molar-refractivity contribution in [1.82, 2.24) is 5.16 Å². The third kappa shape index (κ3) is 2.40. The van der Waals surface area contributed by atoms with E-state index in [4.69, 9.17) is 10.3 Å². The van der Waals surface area contributed by atoms with E-state index >= 15 is 0 Å². The second-order valence-electron chi connectivity index (χ2n) is 5.10. The summed E-state index contributed by atoms with van der Waals surface area (Å²) in [6, 6.07) is 12.2. The zero-order chi connectivity index (χ0) is 15.0. The highest BCUT2D eigenvalue weighted by Crippen LogP contribution is 2.38. The van der Waals surface area contributed by atoms with Crippen molar-refractivity contribution in [3.8, 4) is 22.5 Å². The number of nitrogen functional groups attached to an aromatic ring is 1. The first-order valence-corrected chi connectivity index (χ1v) is 6.65. The fourth-order valence-corrected chi connectivity index (χ4v) is 2.36. The van der Waals surface area contributed by atoms with Crippen LogP contribution in [0.3, 0.4) is 0 Å². The maximum Gasteiger partial charge on any atom is 0.177 e. The SMILES string of the molecule is Cc1ccc(C)c(-c2onc(N)c2-c2ccc(F)cc2)c1. The van der Waals surface area contributed by atoms with Gasteiger partial charge in [0.25, 0.3) is 0 Å². The van der Waals surface area contributed by atoms with Crippen LogP contribution >= 0.6 is 0 Å². The summed E-state index contributed by atoms with van der Waals surface area (Å²) >= 11 is 0. The van der Waals surface area contributed by atoms with Gasteiger partial charge in [-0.15, -0.1) is 0 Å². The number of nitrogens with two attached hydrogens (primary N) is 1. The lowest BCUT2D eigenvalue weighted by molar-refractivity contribution is 0.436. The minimum Gasteiger partial charge on any atom is -0.380 e. The van der Waals surface area contributed by atoms with Crippen molar-refractivity contribution in [2.24, 2.45) is 0 Å². The summed E-state index contributed by atoms with van der Waals surface area (Å²) in [7, 11) is 0. The Labute approximate surface area is 122 Å². The molecule has 0 aliphatic rings. The van der Waals surface area contributed by atoms with E-state index in [9.17, 15) is 4.39 Å². The van der Waals surface area contributed by atoms with Crippen LogP contribution in [0.5, 0.6) is 0 Å². The van der Waals surface area contributed by atoms with Crippen molar-refractivity contribution in [2.45, 2.75) is 13.8 Å². The molecule has 1 aromatic heterocycles. The summed E-state index contributed by atoms with van der Waals surface area (Å²) in [5.41, 5.74) is 10.6. The highest BCUT2D eigenvalue weighted by atomic mass is 19.1. The minimum atomic E-state index is -0.290. The first-order valence-electron chi connectivity index (χ1n) is 6.65. The molecule has 2 aromatic carbocycles. The molecule has 2 N–H and O–H groups in total. The molecule has 1 heterocycles. The zero-order valence-electron chi connectivity index (χ0n) is 11.9. The number of aromatic nitrogens is 1. The van der Waals surface area contributed by atoms with Gasteiger partial charge in [-0.05, 0) is 43.2 Å². The van der Waals surface area contributed by atoms with Gasteiger partial charge >= 0.3 is 0 Å². The molecule has 4 heteroatoms. The molecule has 0 atom stereocenters. The molecule has 0 spiro atoms. The Kier molecular flexibility index (Phi) is 3.22. The molecule has 3 nitrogen and oxygen atoms in total. The van der Waals surface area contributed by atoms with Gasteiger partial charge in [-0.25, -0.2) is 4.39 Å². The van der Waals surface area contributed by atoms with E-state index in [1.807, 2.05) is 32.0 Å². The lowest BCUT2D eigenvalue weighted by Gasteiger charge is -2.07. The van der Waals surface area contributed by atoms with E-state index < -0.39 is 0 Å². The van der Waals surface area contributed by atoms with Crippen LogP contribution in [0.2, 0.25) is 0 Å². The number of aryl methyl sites for hydroxylation is 2. The Balaban J connectivity index is 2.21. The normalized spacial score (nSPS) is 10.8. The molecule has 3 aromatic rings. The van der Waals surface area contributed by atoms with Crippen molar-refractivity contribution >= 4 is 5.82 Å². The summed E-state index contributed by atoms with van der Waals surface area (Å²) in [5, 5.41) is 3.87. The van der Waals surface area contributed by atoms with Gasteiger partial charge in [0, 0.05) is 5.56 Å². The van der Waals surface area contributed by atoms with Crippen molar-refractivity contribution < 1.29 is 8.91 Å². The Morgan fingerprint density at radius 2 is 1.76 bits per heavy atom.